The molecule has 0 amide bonds. The first-order valence-electron chi connectivity index (χ1n) is 2.54. The minimum atomic E-state index is -0.713. The number of nitrogens with zero attached hydrogens (tertiary/aromatic N) is 1. The standard InChI is InChI=1S/C5H13ClNO/c1-7(2,3)4-5(6)8/h5,8H,4H2,1-3H3/q+1. The van der Waals surface area contributed by atoms with Gasteiger partial charge in [0.25, 0.3) is 0 Å². The van der Waals surface area contributed by atoms with E-state index >= 15 is 0 Å². The molecule has 2 nitrogen and oxygen atoms in total. The molecule has 0 aliphatic carbocycles. The molecule has 1 N–H and O–H groups in total. The molecule has 0 aromatic rings. The highest BCUT2D eigenvalue weighted by Crippen LogP contribution is 1.96. The Hall–Kier alpha value is 0.210. The summed E-state index contributed by atoms with van der Waals surface area (Å²) < 4.78 is 0.699. The molecule has 1 unspecified atom stereocenters. The molecule has 1 atom stereocenters. The predicted molar refractivity (Wildman–Crippen MR) is 34.8 cm³/mol. The third kappa shape index (κ3) is 6.21. The van der Waals surface area contributed by atoms with Gasteiger partial charge in [0.1, 0.15) is 6.54 Å². The van der Waals surface area contributed by atoms with Crippen LogP contribution in [0.4, 0.5) is 0 Å². The van der Waals surface area contributed by atoms with Crippen molar-refractivity contribution in [3.05, 3.63) is 0 Å². The number of quaternary nitrogens is 1. The van der Waals surface area contributed by atoms with Crippen molar-refractivity contribution in [3.63, 3.8) is 0 Å². The van der Waals surface area contributed by atoms with Crippen molar-refractivity contribution >= 4 is 11.6 Å². The van der Waals surface area contributed by atoms with Crippen molar-refractivity contribution in [2.45, 2.75) is 5.56 Å². The van der Waals surface area contributed by atoms with Crippen molar-refractivity contribution in [2.24, 2.45) is 0 Å². The Morgan fingerprint density at radius 1 is 1.50 bits per heavy atom. The third-order valence-electron chi connectivity index (χ3n) is 0.698. The molecule has 0 fully saturated rings. The number of rotatable bonds is 2. The molecule has 0 saturated heterocycles. The van der Waals surface area contributed by atoms with E-state index < -0.39 is 5.56 Å². The van der Waals surface area contributed by atoms with Gasteiger partial charge in [0.05, 0.1) is 21.1 Å². The largest absolute Gasteiger partial charge is 0.372 e. The van der Waals surface area contributed by atoms with E-state index in [0.29, 0.717) is 11.0 Å². The molecular weight excluding hydrogens is 126 g/mol. The zero-order valence-corrected chi connectivity index (χ0v) is 6.31. The Labute approximate surface area is 55.3 Å². The normalized spacial score (nSPS) is 16.1. The molecule has 0 spiro atoms. The topological polar surface area (TPSA) is 20.2 Å². The van der Waals surface area contributed by atoms with Gasteiger partial charge in [0.15, 0.2) is 5.56 Å². The van der Waals surface area contributed by atoms with Crippen LogP contribution in [0.3, 0.4) is 0 Å². The Bertz CT molecular complexity index is 67.3. The van der Waals surface area contributed by atoms with Crippen molar-refractivity contribution < 1.29 is 9.59 Å². The number of alkyl halides is 1. The molecule has 0 aromatic carbocycles. The van der Waals surface area contributed by atoms with E-state index in [1.807, 2.05) is 21.1 Å². The highest BCUT2D eigenvalue weighted by atomic mass is 35.5. The van der Waals surface area contributed by atoms with Gasteiger partial charge in [-0.25, -0.2) is 0 Å². The molecule has 0 rings (SSSR count). The number of hydrogen-bond donors (Lipinski definition) is 1. The van der Waals surface area contributed by atoms with Crippen LogP contribution in [0.25, 0.3) is 0 Å². The van der Waals surface area contributed by atoms with Gasteiger partial charge in [0.2, 0.25) is 0 Å². The molecule has 0 aromatic heterocycles. The van der Waals surface area contributed by atoms with Crippen LogP contribution in [0.5, 0.6) is 0 Å². The Balaban J connectivity index is 3.39. The molecule has 0 heterocycles. The maximum Gasteiger partial charge on any atom is 0.177 e. The summed E-state index contributed by atoms with van der Waals surface area (Å²) in [6, 6.07) is 0. The van der Waals surface area contributed by atoms with Gasteiger partial charge in [-0.1, -0.05) is 11.6 Å². The molecular formula is C5H13ClNO+. The van der Waals surface area contributed by atoms with E-state index in [4.69, 9.17) is 16.7 Å². The average molecular weight is 139 g/mol. The first-order valence-corrected chi connectivity index (χ1v) is 2.98. The zero-order valence-electron chi connectivity index (χ0n) is 5.56. The first-order chi connectivity index (χ1) is 3.42. The van der Waals surface area contributed by atoms with Crippen LogP contribution in [0.15, 0.2) is 0 Å². The maximum atomic E-state index is 8.64. The van der Waals surface area contributed by atoms with Crippen LogP contribution in [0.1, 0.15) is 0 Å². The summed E-state index contributed by atoms with van der Waals surface area (Å²) >= 11 is 5.30. The summed E-state index contributed by atoms with van der Waals surface area (Å²) in [7, 11) is 5.93. The van der Waals surface area contributed by atoms with Crippen LogP contribution < -0.4 is 0 Å². The minimum absolute atomic E-state index is 0.585. The summed E-state index contributed by atoms with van der Waals surface area (Å²) in [6.07, 6.45) is 0. The molecule has 8 heavy (non-hydrogen) atoms. The Morgan fingerprint density at radius 2 is 1.88 bits per heavy atom. The van der Waals surface area contributed by atoms with Crippen molar-refractivity contribution in [2.75, 3.05) is 27.7 Å². The molecule has 0 aliphatic rings. The Morgan fingerprint density at radius 3 is 1.88 bits per heavy atom. The number of hydrogen-bond acceptors (Lipinski definition) is 1. The molecule has 50 valence electrons. The van der Waals surface area contributed by atoms with E-state index in [2.05, 4.69) is 0 Å². The van der Waals surface area contributed by atoms with Gasteiger partial charge in [-0.05, 0) is 0 Å². The predicted octanol–water partition coefficient (Wildman–Crippen LogP) is 0.250. The highest BCUT2D eigenvalue weighted by molar-refractivity contribution is 6.19. The summed E-state index contributed by atoms with van der Waals surface area (Å²) in [5.41, 5.74) is -0.713. The fourth-order valence-corrected chi connectivity index (χ4v) is 0.866. The maximum absolute atomic E-state index is 8.64. The van der Waals surface area contributed by atoms with Gasteiger partial charge in [0, 0.05) is 0 Å². The third-order valence-corrected chi connectivity index (χ3v) is 0.836. The molecule has 0 radical (unpaired) electrons. The van der Waals surface area contributed by atoms with E-state index in [9.17, 15) is 0 Å². The van der Waals surface area contributed by atoms with Gasteiger partial charge in [-0.15, -0.1) is 0 Å². The van der Waals surface area contributed by atoms with Gasteiger partial charge in [-0.3, -0.25) is 0 Å². The van der Waals surface area contributed by atoms with Crippen LogP contribution in [0, 0.1) is 0 Å². The second-order valence-corrected chi connectivity index (χ2v) is 3.41. The SMILES string of the molecule is C[N+](C)(C)CC(O)Cl. The van der Waals surface area contributed by atoms with Crippen molar-refractivity contribution in [1.82, 2.24) is 0 Å². The highest BCUT2D eigenvalue weighted by Gasteiger charge is 2.11. The molecule has 0 aliphatic heterocycles. The quantitative estimate of drug-likeness (QED) is 0.429. The monoisotopic (exact) mass is 138 g/mol. The van der Waals surface area contributed by atoms with Gasteiger partial charge in [-0.2, -0.15) is 0 Å². The fourth-order valence-electron chi connectivity index (χ4n) is 0.452. The second-order valence-electron chi connectivity index (χ2n) is 2.91. The zero-order chi connectivity index (χ0) is 6.78. The van der Waals surface area contributed by atoms with E-state index in [0.717, 1.165) is 0 Å². The minimum Gasteiger partial charge on any atom is -0.372 e. The van der Waals surface area contributed by atoms with E-state index in [-0.39, 0.29) is 0 Å². The number of aliphatic hydroxyl groups excluding tert-OH is 1. The van der Waals surface area contributed by atoms with Crippen LogP contribution in [-0.4, -0.2) is 42.8 Å². The second kappa shape index (κ2) is 2.67. The van der Waals surface area contributed by atoms with Crippen LogP contribution in [0.2, 0.25) is 0 Å². The number of halogens is 1. The summed E-state index contributed by atoms with van der Waals surface area (Å²) in [5.74, 6) is 0. The summed E-state index contributed by atoms with van der Waals surface area (Å²) in [4.78, 5) is 0. The average Bonchev–Trinajstić information content (AvgIpc) is 1.21. The molecule has 0 saturated carbocycles. The van der Waals surface area contributed by atoms with Crippen molar-refractivity contribution in [1.29, 1.82) is 0 Å². The summed E-state index contributed by atoms with van der Waals surface area (Å²) in [6.45, 7) is 0.585. The van der Waals surface area contributed by atoms with Gasteiger partial charge >= 0.3 is 0 Å². The molecule has 3 heteroatoms. The molecule has 0 bridgehead atoms. The number of aliphatic hydroxyl groups is 1. The lowest BCUT2D eigenvalue weighted by Crippen LogP contribution is -2.39. The lowest BCUT2D eigenvalue weighted by atomic mass is 10.5. The van der Waals surface area contributed by atoms with Crippen LogP contribution >= 0.6 is 11.6 Å². The van der Waals surface area contributed by atoms with E-state index in [1.165, 1.54) is 0 Å². The smallest absolute Gasteiger partial charge is 0.177 e. The lowest BCUT2D eigenvalue weighted by molar-refractivity contribution is -0.872. The summed E-state index contributed by atoms with van der Waals surface area (Å²) in [5, 5.41) is 8.64. The fraction of sp³-hybridized carbons (Fsp3) is 1.00. The number of likely N-dealkylation sites (N-methyl/N-ethyl adjacent to an activating group) is 1. The first kappa shape index (κ1) is 8.21. The van der Waals surface area contributed by atoms with E-state index in [1.54, 1.807) is 0 Å². The Kier molecular flexibility index (Phi) is 2.74. The van der Waals surface area contributed by atoms with Crippen LogP contribution in [-0.2, 0) is 0 Å². The van der Waals surface area contributed by atoms with Gasteiger partial charge < -0.3 is 9.59 Å². The van der Waals surface area contributed by atoms with Crippen molar-refractivity contribution in [3.8, 4) is 0 Å². The lowest BCUT2D eigenvalue weighted by Gasteiger charge is -2.24.